The molecule has 0 saturated carbocycles. The van der Waals surface area contributed by atoms with E-state index in [1.165, 1.54) is 0 Å². The van der Waals surface area contributed by atoms with Gasteiger partial charge in [0.25, 0.3) is 0 Å². The van der Waals surface area contributed by atoms with Crippen molar-refractivity contribution in [3.63, 3.8) is 0 Å². The number of aliphatic hydroxyl groups is 3. The van der Waals surface area contributed by atoms with Crippen molar-refractivity contribution in [1.82, 2.24) is 42.5 Å². The molecule has 0 aromatic heterocycles. The summed E-state index contributed by atoms with van der Waals surface area (Å²) in [7, 11) is 1.57. The van der Waals surface area contributed by atoms with Gasteiger partial charge in [-0.1, -0.05) is 84.9 Å². The van der Waals surface area contributed by atoms with E-state index in [0.29, 0.717) is 16.9 Å². The molecule has 23 nitrogen and oxygen atoms in total. The normalized spacial score (nSPS) is 13.8. The Morgan fingerprint density at radius 2 is 1.03 bits per heavy atom. The summed E-state index contributed by atoms with van der Waals surface area (Å²) in [4.78, 5) is 106. The van der Waals surface area contributed by atoms with E-state index in [-0.39, 0.29) is 38.2 Å². The maximum atomic E-state index is 14.2. The lowest BCUT2D eigenvalue weighted by atomic mass is 9.96. The number of rotatable bonds is 28. The molecule has 0 radical (unpaired) electrons. The Kier molecular flexibility index (Phi) is 22.3. The molecule has 23 heteroatoms. The molecule has 0 heterocycles. The van der Waals surface area contributed by atoms with E-state index < -0.39 is 116 Å². The Balaban J connectivity index is 1.40. The van der Waals surface area contributed by atoms with Gasteiger partial charge in [0, 0.05) is 19.4 Å². The number of carboxylic acid groups (broad SMARTS) is 1. The number of amides is 7. The molecular formula is C49H62N10O13. The number of guanidine groups is 1. The molecule has 0 aliphatic carbocycles. The van der Waals surface area contributed by atoms with E-state index in [0.717, 1.165) is 16.3 Å². The van der Waals surface area contributed by atoms with E-state index in [4.69, 9.17) is 15.9 Å². The van der Waals surface area contributed by atoms with Gasteiger partial charge in [-0.15, -0.1) is 0 Å². The maximum Gasteiger partial charge on any atom is 0.326 e. The highest BCUT2D eigenvalue weighted by atomic mass is 16.5. The van der Waals surface area contributed by atoms with Crippen LogP contribution in [0.5, 0.6) is 5.75 Å². The van der Waals surface area contributed by atoms with Crippen LogP contribution in [-0.4, -0.2) is 150 Å². The summed E-state index contributed by atoms with van der Waals surface area (Å²) in [5.41, 5.74) is 7.25. The highest BCUT2D eigenvalue weighted by Crippen LogP contribution is 2.25. The first kappa shape index (κ1) is 56.4. The highest BCUT2D eigenvalue weighted by molar-refractivity contribution is 5.97. The summed E-state index contributed by atoms with van der Waals surface area (Å²) in [5.74, 6) is -8.26. The molecule has 4 aromatic rings. The number of fused-ring (bicyclic) bond motifs is 1. The summed E-state index contributed by atoms with van der Waals surface area (Å²) >= 11 is 0. The third-order valence-corrected chi connectivity index (χ3v) is 11.3. The second kappa shape index (κ2) is 28.5. The molecule has 0 aliphatic heterocycles. The monoisotopic (exact) mass is 998 g/mol. The van der Waals surface area contributed by atoms with Crippen molar-refractivity contribution < 1.29 is 63.5 Å². The van der Waals surface area contributed by atoms with Crippen LogP contribution in [0.2, 0.25) is 0 Å². The van der Waals surface area contributed by atoms with Crippen molar-refractivity contribution in [2.24, 2.45) is 5.73 Å². The number of hydrogen-bond donors (Lipinski definition) is 14. The van der Waals surface area contributed by atoms with Crippen LogP contribution in [0.15, 0.2) is 97.1 Å². The van der Waals surface area contributed by atoms with E-state index in [1.807, 2.05) is 36.4 Å². The molecule has 15 N–H and O–H groups in total. The summed E-state index contributed by atoms with van der Waals surface area (Å²) in [6.45, 7) is -2.05. The Hall–Kier alpha value is -8.15. The molecule has 5 unspecified atom stereocenters. The fraction of sp³-hybridized carbons (Fsp3) is 0.367. The molecule has 0 bridgehead atoms. The number of aliphatic carboxylic acids is 1. The Morgan fingerprint density at radius 3 is 1.54 bits per heavy atom. The van der Waals surface area contributed by atoms with Crippen LogP contribution in [0, 0.1) is 5.41 Å². The first-order valence-electron chi connectivity index (χ1n) is 22.8. The van der Waals surface area contributed by atoms with Crippen molar-refractivity contribution >= 4 is 64.1 Å². The number of hydrogen-bond acceptors (Lipinski definition) is 13. The fourth-order valence-electron chi connectivity index (χ4n) is 7.20. The molecular weight excluding hydrogens is 937 g/mol. The molecule has 7 amide bonds. The zero-order valence-corrected chi connectivity index (χ0v) is 39.7. The third kappa shape index (κ3) is 17.7. The highest BCUT2D eigenvalue weighted by Gasteiger charge is 2.32. The standard InChI is InChI=1S/C49H62N10O13/c1-28(31-15-16-33-23-34(72-2)18-17-32(33)22-31)42(64)56-37(21-30-12-7-4-8-13-30)44(66)57-36(20-29-10-5-3-6-11-29)43(65)53-24-41(63)54-38(25-60)45(67)58-40(27-62)47(69)59-39(26-61)46(68)55-35(48(70)71)14-9-19-52-49(50)51/h3-8,10-13,15-18,22-23,28,35-40,60-62H,9,14,19-21,24-27H2,1-2H3,(H,53,65)(H,54,63)(H,55,68)(H,56,64)(H,57,66)(H,58,67)(H,59,69)(H,70,71)(H4,50,51,52)/t28?,35-,36?,37+,38?,39?,40?/m0/s1. The topological polar surface area (TPSA) is 373 Å². The summed E-state index contributed by atoms with van der Waals surface area (Å²) < 4.78 is 5.32. The van der Waals surface area contributed by atoms with Crippen LogP contribution in [0.4, 0.5) is 0 Å². The van der Waals surface area contributed by atoms with Gasteiger partial charge >= 0.3 is 5.97 Å². The quantitative estimate of drug-likeness (QED) is 0.0163. The molecule has 4 rings (SSSR count). The summed E-state index contributed by atoms with van der Waals surface area (Å²) in [6.07, 6.45) is 0.0576. The lowest BCUT2D eigenvalue weighted by Crippen LogP contribution is -2.60. The minimum absolute atomic E-state index is 0.0462. The number of benzene rings is 4. The molecule has 0 saturated heterocycles. The third-order valence-electron chi connectivity index (χ3n) is 11.3. The van der Waals surface area contributed by atoms with E-state index in [9.17, 15) is 58.8 Å². The van der Waals surface area contributed by atoms with Crippen LogP contribution in [0.1, 0.15) is 42.4 Å². The predicted molar refractivity (Wildman–Crippen MR) is 262 cm³/mol. The van der Waals surface area contributed by atoms with Gasteiger partial charge in [-0.05, 0) is 59.4 Å². The molecule has 0 fully saturated rings. The number of carboxylic acids is 1. The number of methoxy groups -OCH3 is 1. The first-order chi connectivity index (χ1) is 34.5. The predicted octanol–water partition coefficient (Wildman–Crippen LogP) is -2.21. The fourth-order valence-corrected chi connectivity index (χ4v) is 7.20. The second-order valence-electron chi connectivity index (χ2n) is 16.6. The molecule has 0 spiro atoms. The molecule has 386 valence electrons. The lowest BCUT2D eigenvalue weighted by molar-refractivity contribution is -0.143. The summed E-state index contributed by atoms with van der Waals surface area (Å²) in [6, 6.07) is 19.5. The van der Waals surface area contributed by atoms with Crippen LogP contribution < -0.4 is 53.0 Å². The number of carbonyl (C=O) groups excluding carboxylic acids is 7. The largest absolute Gasteiger partial charge is 0.497 e. The average Bonchev–Trinajstić information content (AvgIpc) is 3.37. The first-order valence-corrected chi connectivity index (χ1v) is 22.8. The number of ether oxygens (including phenoxy) is 1. The van der Waals surface area contributed by atoms with Crippen molar-refractivity contribution in [3.8, 4) is 5.75 Å². The number of nitrogens with two attached hydrogens (primary N) is 1. The Bertz CT molecular complexity index is 2520. The van der Waals surface area contributed by atoms with Gasteiger partial charge in [0.15, 0.2) is 5.96 Å². The average molecular weight is 999 g/mol. The second-order valence-corrected chi connectivity index (χ2v) is 16.6. The van der Waals surface area contributed by atoms with Gasteiger partial charge in [-0.3, -0.25) is 39.0 Å². The zero-order chi connectivity index (χ0) is 52.7. The van der Waals surface area contributed by atoms with E-state index >= 15 is 0 Å². The SMILES string of the molecule is COc1ccc2cc(C(C)C(=O)N[C@H](Cc3ccccc3)C(=O)NC(Cc3ccccc3)C(=O)NCC(=O)NC(CO)C(=O)NC(CO)C(=O)NC(CO)C(=O)N[C@@H](CCCNC(=N)N)C(=O)O)ccc2c1. The van der Waals surface area contributed by atoms with Crippen molar-refractivity contribution in [2.45, 2.75) is 74.8 Å². The van der Waals surface area contributed by atoms with Gasteiger partial charge in [-0.2, -0.15) is 0 Å². The van der Waals surface area contributed by atoms with Crippen molar-refractivity contribution in [1.29, 1.82) is 5.41 Å². The minimum atomic E-state index is -1.80. The van der Waals surface area contributed by atoms with Crippen molar-refractivity contribution in [2.75, 3.05) is 40.0 Å². The zero-order valence-electron chi connectivity index (χ0n) is 39.7. The van der Waals surface area contributed by atoms with E-state index in [1.54, 1.807) is 74.7 Å². The van der Waals surface area contributed by atoms with Crippen LogP contribution in [0.3, 0.4) is 0 Å². The van der Waals surface area contributed by atoms with Crippen LogP contribution >= 0.6 is 0 Å². The van der Waals surface area contributed by atoms with Gasteiger partial charge < -0.3 is 73.4 Å². The van der Waals surface area contributed by atoms with Crippen LogP contribution in [0.25, 0.3) is 10.8 Å². The van der Waals surface area contributed by atoms with Gasteiger partial charge in [0.2, 0.25) is 41.4 Å². The van der Waals surface area contributed by atoms with Gasteiger partial charge in [0.1, 0.15) is 42.0 Å². The summed E-state index contributed by atoms with van der Waals surface area (Å²) in [5, 5.41) is 67.3. The Labute approximate surface area is 414 Å². The van der Waals surface area contributed by atoms with Crippen LogP contribution in [-0.2, 0) is 51.2 Å². The minimum Gasteiger partial charge on any atom is -0.497 e. The smallest absolute Gasteiger partial charge is 0.326 e. The Morgan fingerprint density at radius 1 is 0.569 bits per heavy atom. The molecule has 4 aromatic carbocycles. The molecule has 72 heavy (non-hydrogen) atoms. The van der Waals surface area contributed by atoms with Gasteiger partial charge in [0.05, 0.1) is 39.4 Å². The number of carbonyl (C=O) groups is 8. The molecule has 0 aliphatic rings. The number of aliphatic hydroxyl groups excluding tert-OH is 3. The van der Waals surface area contributed by atoms with Gasteiger partial charge in [-0.25, -0.2) is 4.79 Å². The molecule has 7 atom stereocenters. The van der Waals surface area contributed by atoms with E-state index in [2.05, 4.69) is 42.5 Å². The number of nitrogens with one attached hydrogen (secondary N) is 9. The van der Waals surface area contributed by atoms with Crippen molar-refractivity contribution in [3.05, 3.63) is 114 Å². The lowest BCUT2D eigenvalue weighted by Gasteiger charge is -2.25. The maximum absolute atomic E-state index is 14.2.